The summed E-state index contributed by atoms with van der Waals surface area (Å²) in [5.41, 5.74) is 0. The van der Waals surface area contributed by atoms with Crippen molar-refractivity contribution in [1.29, 1.82) is 0 Å². The van der Waals surface area contributed by atoms with Gasteiger partial charge in [0.15, 0.2) is 11.6 Å². The smallest absolute Gasteiger partial charge is 0.167 e. The second kappa shape index (κ2) is 7.18. The first kappa shape index (κ1) is 16.1. The Morgan fingerprint density at radius 2 is 2.09 bits per heavy atom. The first-order valence-electron chi connectivity index (χ1n) is 8.24. The highest BCUT2D eigenvalue weighted by molar-refractivity contribution is 5.01. The van der Waals surface area contributed by atoms with Crippen LogP contribution in [0.5, 0.6) is 0 Å². The van der Waals surface area contributed by atoms with E-state index >= 15 is 0 Å². The van der Waals surface area contributed by atoms with Gasteiger partial charge in [-0.2, -0.15) is 5.10 Å². The Morgan fingerprint density at radius 1 is 1.26 bits per heavy atom. The fraction of sp³-hybridized carbons (Fsp3) is 0.733. The molecule has 0 aromatic carbocycles. The lowest BCUT2D eigenvalue weighted by Gasteiger charge is -2.33. The van der Waals surface area contributed by atoms with Crippen LogP contribution in [0.25, 0.3) is 0 Å². The molecule has 2 aromatic rings. The topological polar surface area (TPSA) is 84.8 Å². The SMILES string of the molecule is CCc1nnc(CN2CCCC[C@@H]2c2n[nH]c(COC)n2)n1C. The summed E-state index contributed by atoms with van der Waals surface area (Å²) in [7, 11) is 3.70. The number of piperidine rings is 1. The van der Waals surface area contributed by atoms with Crippen LogP contribution < -0.4 is 0 Å². The number of hydrogen-bond acceptors (Lipinski definition) is 6. The molecular weight excluding hydrogens is 294 g/mol. The van der Waals surface area contributed by atoms with Crippen LogP contribution >= 0.6 is 0 Å². The molecule has 8 nitrogen and oxygen atoms in total. The van der Waals surface area contributed by atoms with Crippen LogP contribution in [0, 0.1) is 0 Å². The Balaban J connectivity index is 1.76. The maximum atomic E-state index is 5.11. The molecule has 0 aliphatic carbocycles. The van der Waals surface area contributed by atoms with Crippen molar-refractivity contribution in [2.75, 3.05) is 13.7 Å². The number of hydrogen-bond donors (Lipinski definition) is 1. The molecule has 0 spiro atoms. The second-order valence-corrected chi connectivity index (χ2v) is 6.00. The van der Waals surface area contributed by atoms with E-state index in [4.69, 9.17) is 4.74 Å². The van der Waals surface area contributed by atoms with Gasteiger partial charge >= 0.3 is 0 Å². The van der Waals surface area contributed by atoms with Crippen molar-refractivity contribution in [3.63, 3.8) is 0 Å². The molecule has 1 N–H and O–H groups in total. The van der Waals surface area contributed by atoms with Crippen molar-refractivity contribution in [1.82, 2.24) is 34.8 Å². The van der Waals surface area contributed by atoms with E-state index in [0.29, 0.717) is 6.61 Å². The summed E-state index contributed by atoms with van der Waals surface area (Å²) in [5, 5.41) is 16.0. The van der Waals surface area contributed by atoms with Gasteiger partial charge < -0.3 is 9.30 Å². The Labute approximate surface area is 136 Å². The molecule has 2 aromatic heterocycles. The van der Waals surface area contributed by atoms with Gasteiger partial charge in [-0.3, -0.25) is 10.00 Å². The number of rotatable bonds is 6. The zero-order valence-electron chi connectivity index (χ0n) is 14.1. The summed E-state index contributed by atoms with van der Waals surface area (Å²) in [6.45, 7) is 4.38. The molecule has 0 radical (unpaired) electrons. The van der Waals surface area contributed by atoms with E-state index in [1.165, 1.54) is 12.8 Å². The number of aromatic amines is 1. The summed E-state index contributed by atoms with van der Waals surface area (Å²) in [6.07, 6.45) is 4.37. The molecule has 8 heteroatoms. The number of nitrogens with zero attached hydrogens (tertiary/aromatic N) is 6. The van der Waals surface area contributed by atoms with E-state index in [2.05, 4.69) is 41.8 Å². The highest BCUT2D eigenvalue weighted by Crippen LogP contribution is 2.30. The van der Waals surface area contributed by atoms with Crippen LogP contribution in [0.3, 0.4) is 0 Å². The van der Waals surface area contributed by atoms with Crippen LogP contribution in [0.2, 0.25) is 0 Å². The van der Waals surface area contributed by atoms with Gasteiger partial charge in [-0.1, -0.05) is 13.3 Å². The summed E-state index contributed by atoms with van der Waals surface area (Å²) in [4.78, 5) is 6.99. The van der Waals surface area contributed by atoms with Crippen LogP contribution in [0.4, 0.5) is 0 Å². The molecular formula is C15H25N7O. The largest absolute Gasteiger partial charge is 0.377 e. The minimum Gasteiger partial charge on any atom is -0.377 e. The van der Waals surface area contributed by atoms with E-state index in [1.54, 1.807) is 7.11 Å². The lowest BCUT2D eigenvalue weighted by Crippen LogP contribution is -2.34. The zero-order chi connectivity index (χ0) is 16.2. The Hall–Kier alpha value is -1.80. The van der Waals surface area contributed by atoms with Crippen molar-refractivity contribution in [2.45, 2.75) is 51.8 Å². The van der Waals surface area contributed by atoms with Crippen LogP contribution in [-0.2, 0) is 31.4 Å². The Bertz CT molecular complexity index is 636. The molecule has 0 unspecified atom stereocenters. The molecule has 0 bridgehead atoms. The third kappa shape index (κ3) is 3.42. The predicted octanol–water partition coefficient (Wildman–Crippen LogP) is 1.37. The maximum absolute atomic E-state index is 5.11. The number of nitrogens with one attached hydrogen (secondary N) is 1. The fourth-order valence-electron chi connectivity index (χ4n) is 3.16. The van der Waals surface area contributed by atoms with E-state index in [-0.39, 0.29) is 6.04 Å². The molecule has 1 aliphatic heterocycles. The summed E-state index contributed by atoms with van der Waals surface area (Å²) in [5.74, 6) is 3.66. The van der Waals surface area contributed by atoms with E-state index < -0.39 is 0 Å². The standard InChI is InChI=1S/C15H25N7O/c1-4-13-18-19-14(21(13)2)9-22-8-6-5-7-11(22)15-16-12(10-23-3)17-20-15/h11H,4-10H2,1-3H3,(H,16,17,20)/t11-/m1/s1. The molecule has 0 amide bonds. The van der Waals surface area contributed by atoms with Crippen molar-refractivity contribution in [2.24, 2.45) is 7.05 Å². The Morgan fingerprint density at radius 3 is 2.83 bits per heavy atom. The lowest BCUT2D eigenvalue weighted by atomic mass is 10.0. The van der Waals surface area contributed by atoms with E-state index in [0.717, 1.165) is 49.2 Å². The highest BCUT2D eigenvalue weighted by atomic mass is 16.5. The first-order chi connectivity index (χ1) is 11.2. The molecule has 1 fully saturated rings. The molecule has 3 heterocycles. The molecule has 1 atom stereocenters. The van der Waals surface area contributed by atoms with Crippen LogP contribution in [0.15, 0.2) is 0 Å². The van der Waals surface area contributed by atoms with E-state index in [9.17, 15) is 0 Å². The maximum Gasteiger partial charge on any atom is 0.167 e. The summed E-state index contributed by atoms with van der Waals surface area (Å²) in [6, 6.07) is 0.229. The number of ether oxygens (including phenoxy) is 1. The molecule has 3 rings (SSSR count). The molecule has 1 saturated heterocycles. The third-order valence-electron chi connectivity index (χ3n) is 4.46. The van der Waals surface area contributed by atoms with Gasteiger partial charge in [0.1, 0.15) is 18.3 Å². The van der Waals surface area contributed by atoms with Gasteiger partial charge in [0.25, 0.3) is 0 Å². The molecule has 23 heavy (non-hydrogen) atoms. The normalized spacial score (nSPS) is 19.3. The van der Waals surface area contributed by atoms with E-state index in [1.807, 2.05) is 7.05 Å². The molecule has 1 aliphatic rings. The van der Waals surface area contributed by atoms with Gasteiger partial charge in [-0.15, -0.1) is 10.2 Å². The van der Waals surface area contributed by atoms with Gasteiger partial charge in [-0.05, 0) is 19.4 Å². The van der Waals surface area contributed by atoms with Gasteiger partial charge in [0.2, 0.25) is 0 Å². The van der Waals surface area contributed by atoms with Crippen molar-refractivity contribution in [3.8, 4) is 0 Å². The van der Waals surface area contributed by atoms with Crippen molar-refractivity contribution >= 4 is 0 Å². The number of methoxy groups -OCH3 is 1. The van der Waals surface area contributed by atoms with Crippen LogP contribution in [0.1, 0.15) is 55.5 Å². The zero-order valence-corrected chi connectivity index (χ0v) is 14.1. The average Bonchev–Trinajstić information content (AvgIpc) is 3.16. The quantitative estimate of drug-likeness (QED) is 0.865. The number of aromatic nitrogens is 6. The fourth-order valence-corrected chi connectivity index (χ4v) is 3.16. The monoisotopic (exact) mass is 319 g/mol. The first-order valence-corrected chi connectivity index (χ1v) is 8.24. The van der Waals surface area contributed by atoms with Crippen molar-refractivity contribution in [3.05, 3.63) is 23.3 Å². The minimum absolute atomic E-state index is 0.229. The minimum atomic E-state index is 0.229. The van der Waals surface area contributed by atoms with Crippen molar-refractivity contribution < 1.29 is 4.74 Å². The predicted molar refractivity (Wildman–Crippen MR) is 84.5 cm³/mol. The van der Waals surface area contributed by atoms with Crippen LogP contribution in [-0.4, -0.2) is 48.5 Å². The Kier molecular flexibility index (Phi) is 5.02. The van der Waals surface area contributed by atoms with Gasteiger partial charge in [-0.25, -0.2) is 4.98 Å². The van der Waals surface area contributed by atoms with Gasteiger partial charge in [0.05, 0.1) is 12.6 Å². The highest BCUT2D eigenvalue weighted by Gasteiger charge is 2.28. The summed E-state index contributed by atoms with van der Waals surface area (Å²) < 4.78 is 7.21. The second-order valence-electron chi connectivity index (χ2n) is 6.00. The average molecular weight is 319 g/mol. The number of aryl methyl sites for hydroxylation is 1. The number of H-pyrrole nitrogens is 1. The van der Waals surface area contributed by atoms with Gasteiger partial charge in [0, 0.05) is 20.6 Å². The number of likely N-dealkylation sites (tertiary alicyclic amines) is 1. The lowest BCUT2D eigenvalue weighted by molar-refractivity contribution is 0.129. The molecule has 126 valence electrons. The third-order valence-corrected chi connectivity index (χ3v) is 4.46. The summed E-state index contributed by atoms with van der Waals surface area (Å²) >= 11 is 0. The molecule has 0 saturated carbocycles.